The summed E-state index contributed by atoms with van der Waals surface area (Å²) in [6, 6.07) is 0. The second-order valence-electron chi connectivity index (χ2n) is 3.21. The van der Waals surface area contributed by atoms with Gasteiger partial charge in [0.1, 0.15) is 0 Å². The topological polar surface area (TPSA) is 60.4 Å². The van der Waals surface area contributed by atoms with Crippen LogP contribution in [0, 0.1) is 5.41 Å². The molecule has 1 aliphatic heterocycles. The maximum Gasteiger partial charge on any atom is 0.338 e. The molecule has 1 saturated carbocycles. The Morgan fingerprint density at radius 1 is 1.08 bits per heavy atom. The normalized spacial score (nSPS) is 26.8. The van der Waals surface area contributed by atoms with Crippen LogP contribution in [0.3, 0.4) is 0 Å². The summed E-state index contributed by atoms with van der Waals surface area (Å²) in [5.41, 5.74) is -1.36. The zero-order valence-electron chi connectivity index (χ0n) is 6.46. The quantitative estimate of drug-likeness (QED) is 0.383. The van der Waals surface area contributed by atoms with Crippen LogP contribution in [-0.4, -0.2) is 17.7 Å². The van der Waals surface area contributed by atoms with Gasteiger partial charge in [0.05, 0.1) is 0 Å². The number of carbonyl (C=O) groups excluding carboxylic acids is 3. The number of esters is 2. The molecule has 0 bridgehead atoms. The van der Waals surface area contributed by atoms with E-state index in [2.05, 4.69) is 4.74 Å². The van der Waals surface area contributed by atoms with Crippen LogP contribution in [0.15, 0.2) is 0 Å². The number of hydrogen-bond acceptors (Lipinski definition) is 4. The largest absolute Gasteiger partial charge is 0.391 e. The SMILES string of the molecule is O=C1CCCCC12C(=O)OC2=O. The van der Waals surface area contributed by atoms with Gasteiger partial charge in [-0.05, 0) is 12.8 Å². The lowest BCUT2D eigenvalue weighted by Crippen LogP contribution is -2.59. The van der Waals surface area contributed by atoms with Crippen LogP contribution in [0.25, 0.3) is 0 Å². The predicted octanol–water partition coefficient (Wildman–Crippen LogP) is 0.199. The number of ether oxygens (including phenoxy) is 1. The van der Waals surface area contributed by atoms with Crippen LogP contribution < -0.4 is 0 Å². The van der Waals surface area contributed by atoms with E-state index in [1.165, 1.54) is 0 Å². The Bertz CT molecular complexity index is 265. The fourth-order valence-electron chi connectivity index (χ4n) is 1.76. The van der Waals surface area contributed by atoms with Crippen LogP contribution in [-0.2, 0) is 19.1 Å². The molecule has 0 atom stereocenters. The highest BCUT2D eigenvalue weighted by atomic mass is 16.6. The summed E-state index contributed by atoms with van der Waals surface area (Å²) in [6.45, 7) is 0. The van der Waals surface area contributed by atoms with Crippen LogP contribution in [0.5, 0.6) is 0 Å². The van der Waals surface area contributed by atoms with Crippen LogP contribution in [0.1, 0.15) is 25.7 Å². The van der Waals surface area contributed by atoms with Crippen molar-refractivity contribution in [2.24, 2.45) is 5.41 Å². The second kappa shape index (κ2) is 2.15. The Morgan fingerprint density at radius 2 is 1.75 bits per heavy atom. The molecule has 0 aromatic heterocycles. The Hall–Kier alpha value is -1.19. The highest BCUT2D eigenvalue weighted by Gasteiger charge is 2.64. The minimum Gasteiger partial charge on any atom is -0.391 e. The average Bonchev–Trinajstić information content (AvgIpc) is 2.05. The van der Waals surface area contributed by atoms with Gasteiger partial charge in [0.2, 0.25) is 5.41 Å². The van der Waals surface area contributed by atoms with Gasteiger partial charge in [-0.1, -0.05) is 6.42 Å². The molecule has 1 saturated heterocycles. The van der Waals surface area contributed by atoms with Crippen molar-refractivity contribution in [3.63, 3.8) is 0 Å². The molecule has 1 spiro atoms. The second-order valence-corrected chi connectivity index (χ2v) is 3.21. The summed E-state index contributed by atoms with van der Waals surface area (Å²) in [5.74, 6) is -1.54. The average molecular weight is 168 g/mol. The van der Waals surface area contributed by atoms with Gasteiger partial charge in [0.15, 0.2) is 5.78 Å². The number of rotatable bonds is 0. The van der Waals surface area contributed by atoms with Crippen LogP contribution >= 0.6 is 0 Å². The lowest BCUT2D eigenvalue weighted by Gasteiger charge is -2.37. The van der Waals surface area contributed by atoms with Crippen molar-refractivity contribution in [2.75, 3.05) is 0 Å². The summed E-state index contributed by atoms with van der Waals surface area (Å²) < 4.78 is 4.20. The van der Waals surface area contributed by atoms with E-state index >= 15 is 0 Å². The van der Waals surface area contributed by atoms with Gasteiger partial charge in [0.25, 0.3) is 0 Å². The molecule has 2 aliphatic rings. The zero-order chi connectivity index (χ0) is 8.77. The van der Waals surface area contributed by atoms with Gasteiger partial charge in [-0.2, -0.15) is 0 Å². The molecule has 0 N–H and O–H groups in total. The van der Waals surface area contributed by atoms with Crippen molar-refractivity contribution in [3.8, 4) is 0 Å². The van der Waals surface area contributed by atoms with E-state index in [4.69, 9.17) is 0 Å². The molecule has 2 rings (SSSR count). The number of Topliss-reactive ketones (excluding diaryl/α,β-unsaturated/α-hetero) is 1. The van der Waals surface area contributed by atoms with E-state index < -0.39 is 17.4 Å². The lowest BCUT2D eigenvalue weighted by molar-refractivity contribution is -0.198. The molecule has 1 heterocycles. The number of ketones is 1. The molecule has 12 heavy (non-hydrogen) atoms. The molecule has 4 nitrogen and oxygen atoms in total. The highest BCUT2D eigenvalue weighted by Crippen LogP contribution is 2.41. The van der Waals surface area contributed by atoms with Crippen molar-refractivity contribution in [2.45, 2.75) is 25.7 Å². The first kappa shape index (κ1) is 7.46. The van der Waals surface area contributed by atoms with E-state index in [1.807, 2.05) is 0 Å². The molecule has 4 heteroatoms. The summed E-state index contributed by atoms with van der Waals surface area (Å²) in [7, 11) is 0. The van der Waals surface area contributed by atoms with Crippen LogP contribution in [0.4, 0.5) is 0 Å². The fourth-order valence-corrected chi connectivity index (χ4v) is 1.76. The van der Waals surface area contributed by atoms with E-state index in [-0.39, 0.29) is 5.78 Å². The Kier molecular flexibility index (Phi) is 1.34. The smallest absolute Gasteiger partial charge is 0.338 e. The number of cyclic esters (lactones) is 2. The first-order valence-corrected chi connectivity index (χ1v) is 3.98. The maximum absolute atomic E-state index is 11.3. The monoisotopic (exact) mass is 168 g/mol. The third-order valence-corrected chi connectivity index (χ3v) is 2.56. The fraction of sp³-hybridized carbons (Fsp3) is 0.625. The Morgan fingerprint density at radius 3 is 2.17 bits per heavy atom. The van der Waals surface area contributed by atoms with Gasteiger partial charge in [-0.3, -0.25) is 4.79 Å². The van der Waals surface area contributed by atoms with Gasteiger partial charge in [0, 0.05) is 6.42 Å². The molecular weight excluding hydrogens is 160 g/mol. The minimum absolute atomic E-state index is 0.255. The van der Waals surface area contributed by atoms with Gasteiger partial charge >= 0.3 is 11.9 Å². The predicted molar refractivity (Wildman–Crippen MR) is 37.0 cm³/mol. The summed E-state index contributed by atoms with van der Waals surface area (Å²) >= 11 is 0. The van der Waals surface area contributed by atoms with Crippen molar-refractivity contribution in [1.82, 2.24) is 0 Å². The first-order valence-electron chi connectivity index (χ1n) is 3.98. The molecule has 2 fully saturated rings. The van der Waals surface area contributed by atoms with Crippen molar-refractivity contribution in [3.05, 3.63) is 0 Å². The van der Waals surface area contributed by atoms with E-state index in [1.54, 1.807) is 0 Å². The molecular formula is C8H8O4. The van der Waals surface area contributed by atoms with E-state index in [0.717, 1.165) is 12.8 Å². The number of hydrogen-bond donors (Lipinski definition) is 0. The van der Waals surface area contributed by atoms with E-state index in [9.17, 15) is 14.4 Å². The lowest BCUT2D eigenvalue weighted by atomic mass is 9.70. The standard InChI is InChI=1S/C8H8O4/c9-5-3-1-2-4-8(5)6(10)12-7(8)11/h1-4H2. The van der Waals surface area contributed by atoms with Crippen molar-refractivity contribution in [1.29, 1.82) is 0 Å². The maximum atomic E-state index is 11.3. The summed E-state index contributed by atoms with van der Waals surface area (Å²) in [4.78, 5) is 33.2. The number of carbonyl (C=O) groups is 3. The Labute approximate surface area is 68.9 Å². The van der Waals surface area contributed by atoms with E-state index in [0.29, 0.717) is 12.8 Å². The van der Waals surface area contributed by atoms with Crippen molar-refractivity contribution < 1.29 is 19.1 Å². The molecule has 0 amide bonds. The first-order chi connectivity index (χ1) is 5.68. The minimum atomic E-state index is -1.36. The molecule has 0 aromatic carbocycles. The molecule has 0 unspecified atom stereocenters. The summed E-state index contributed by atoms with van der Waals surface area (Å²) in [6.07, 6.45) is 2.22. The summed E-state index contributed by atoms with van der Waals surface area (Å²) in [5, 5.41) is 0. The van der Waals surface area contributed by atoms with Gasteiger partial charge < -0.3 is 4.74 Å². The molecule has 0 radical (unpaired) electrons. The Balaban J connectivity index is 2.33. The molecule has 64 valence electrons. The highest BCUT2D eigenvalue weighted by molar-refractivity contribution is 6.29. The van der Waals surface area contributed by atoms with Gasteiger partial charge in [-0.15, -0.1) is 0 Å². The zero-order valence-corrected chi connectivity index (χ0v) is 6.46. The molecule has 0 aromatic rings. The van der Waals surface area contributed by atoms with Crippen LogP contribution in [0.2, 0.25) is 0 Å². The van der Waals surface area contributed by atoms with Gasteiger partial charge in [-0.25, -0.2) is 9.59 Å². The molecule has 1 aliphatic carbocycles. The third kappa shape index (κ3) is 0.647. The van der Waals surface area contributed by atoms with Crippen molar-refractivity contribution >= 4 is 17.7 Å². The third-order valence-electron chi connectivity index (χ3n) is 2.56.